The van der Waals surface area contributed by atoms with Gasteiger partial charge in [-0.05, 0) is 56.9 Å². The maximum atomic E-state index is 13.5. The molecule has 0 radical (unpaired) electrons. The van der Waals surface area contributed by atoms with Crippen molar-refractivity contribution in [1.82, 2.24) is 30.3 Å². The lowest BCUT2D eigenvalue weighted by Crippen LogP contribution is -2.31. The molecular formula is C26H30FN7O. The van der Waals surface area contributed by atoms with Crippen molar-refractivity contribution in [3.05, 3.63) is 83.9 Å². The van der Waals surface area contributed by atoms with Crippen LogP contribution in [0.4, 0.5) is 15.0 Å². The Morgan fingerprint density at radius 1 is 1.11 bits per heavy atom. The van der Waals surface area contributed by atoms with Crippen molar-refractivity contribution in [2.45, 2.75) is 19.5 Å². The molecule has 4 aromatic rings. The molecule has 1 atom stereocenters. The molecule has 0 saturated heterocycles. The molecule has 0 unspecified atom stereocenters. The number of halogens is 1. The third kappa shape index (κ3) is 6.20. The highest BCUT2D eigenvalue weighted by Gasteiger charge is 2.16. The zero-order valence-corrected chi connectivity index (χ0v) is 20.1. The summed E-state index contributed by atoms with van der Waals surface area (Å²) in [5.74, 6) is 0.120. The van der Waals surface area contributed by atoms with Crippen molar-refractivity contribution in [2.24, 2.45) is 0 Å². The summed E-state index contributed by atoms with van der Waals surface area (Å²) in [7, 11) is 4.03. The van der Waals surface area contributed by atoms with Crippen LogP contribution in [0.25, 0.3) is 16.6 Å². The number of amides is 2. The molecule has 35 heavy (non-hydrogen) atoms. The fraction of sp³-hybridized carbons (Fsp3) is 0.269. The number of urea groups is 1. The van der Waals surface area contributed by atoms with E-state index in [2.05, 4.69) is 25.9 Å². The van der Waals surface area contributed by atoms with E-state index < -0.39 is 0 Å². The van der Waals surface area contributed by atoms with Gasteiger partial charge < -0.3 is 15.5 Å². The summed E-state index contributed by atoms with van der Waals surface area (Å²) >= 11 is 0. The molecule has 3 N–H and O–H groups in total. The van der Waals surface area contributed by atoms with Crippen molar-refractivity contribution < 1.29 is 9.18 Å². The Morgan fingerprint density at radius 3 is 2.57 bits per heavy atom. The minimum atomic E-state index is -0.342. The number of hydrogen-bond acceptors (Lipinski definition) is 5. The number of aromatic nitrogens is 3. The van der Waals surface area contributed by atoms with Gasteiger partial charge in [0.1, 0.15) is 11.6 Å². The molecule has 0 fully saturated rings. The smallest absolute Gasteiger partial charge is 0.320 e. The summed E-state index contributed by atoms with van der Waals surface area (Å²) in [6.45, 7) is 4.05. The number of carbonyl (C=O) groups is 1. The molecule has 2 amide bonds. The Kier molecular flexibility index (Phi) is 7.69. The van der Waals surface area contributed by atoms with E-state index in [-0.39, 0.29) is 17.9 Å². The molecule has 0 bridgehead atoms. The van der Waals surface area contributed by atoms with Gasteiger partial charge in [0.05, 0.1) is 29.1 Å². The number of rotatable bonds is 9. The number of benzene rings is 2. The van der Waals surface area contributed by atoms with E-state index >= 15 is 0 Å². The average Bonchev–Trinajstić information content (AvgIpc) is 3.26. The predicted octanol–water partition coefficient (Wildman–Crippen LogP) is 4.09. The van der Waals surface area contributed by atoms with Gasteiger partial charge in [-0.3, -0.25) is 5.32 Å². The van der Waals surface area contributed by atoms with E-state index in [0.29, 0.717) is 12.4 Å². The summed E-state index contributed by atoms with van der Waals surface area (Å²) < 4.78 is 15.2. The average molecular weight is 476 g/mol. The highest BCUT2D eigenvalue weighted by Crippen LogP contribution is 2.24. The van der Waals surface area contributed by atoms with Crippen molar-refractivity contribution >= 4 is 22.8 Å². The maximum absolute atomic E-state index is 13.5. The molecule has 4 rings (SSSR count). The van der Waals surface area contributed by atoms with Crippen LogP contribution < -0.4 is 16.0 Å². The molecular weight excluding hydrogens is 445 g/mol. The lowest BCUT2D eigenvalue weighted by Gasteiger charge is -2.16. The first-order valence-corrected chi connectivity index (χ1v) is 11.5. The first-order chi connectivity index (χ1) is 16.9. The molecule has 8 nitrogen and oxygen atoms in total. The number of likely N-dealkylation sites (N-methyl/N-ethyl adjacent to an activating group) is 1. The topological polar surface area (TPSA) is 87.1 Å². The van der Waals surface area contributed by atoms with Gasteiger partial charge in [-0.15, -0.1) is 0 Å². The summed E-state index contributed by atoms with van der Waals surface area (Å²) in [5.41, 5.74) is 3.28. The van der Waals surface area contributed by atoms with E-state index in [1.807, 2.05) is 51.4 Å². The standard InChI is InChI=1S/C26H30FN7O/c1-18(19-7-5-4-6-8-19)30-26(35)32-24-15-20-16-29-34(22-11-9-21(27)10-12-22)25(20)23(31-24)17-28-13-14-33(2)3/h4-12,15-16,18,28H,13-14,17H2,1-3H3,(H2,30,31,32,35)/t18-/m1/s1. The van der Waals surface area contributed by atoms with Crippen LogP contribution in [0.1, 0.15) is 24.2 Å². The van der Waals surface area contributed by atoms with Gasteiger partial charge in [-0.2, -0.15) is 5.10 Å². The van der Waals surface area contributed by atoms with E-state index in [0.717, 1.165) is 40.9 Å². The largest absolute Gasteiger partial charge is 0.331 e. The number of fused-ring (bicyclic) bond motifs is 1. The second-order valence-corrected chi connectivity index (χ2v) is 8.64. The Bertz CT molecular complexity index is 1270. The second kappa shape index (κ2) is 11.1. The lowest BCUT2D eigenvalue weighted by atomic mass is 10.1. The minimum absolute atomic E-state index is 0.159. The molecule has 0 saturated carbocycles. The van der Waals surface area contributed by atoms with Crippen molar-refractivity contribution in [1.29, 1.82) is 0 Å². The Morgan fingerprint density at radius 2 is 1.86 bits per heavy atom. The van der Waals surface area contributed by atoms with Crippen molar-refractivity contribution in [2.75, 3.05) is 32.5 Å². The Balaban J connectivity index is 1.59. The van der Waals surface area contributed by atoms with Gasteiger partial charge in [0.25, 0.3) is 0 Å². The molecule has 9 heteroatoms. The highest BCUT2D eigenvalue weighted by atomic mass is 19.1. The highest BCUT2D eigenvalue weighted by molar-refractivity contribution is 5.92. The second-order valence-electron chi connectivity index (χ2n) is 8.64. The van der Waals surface area contributed by atoms with E-state index in [1.165, 1.54) is 12.1 Å². The van der Waals surface area contributed by atoms with Gasteiger partial charge in [0.15, 0.2) is 0 Å². The third-order valence-electron chi connectivity index (χ3n) is 5.61. The van der Waals surface area contributed by atoms with Crippen LogP contribution in [0.2, 0.25) is 0 Å². The molecule has 0 spiro atoms. The minimum Gasteiger partial charge on any atom is -0.331 e. The fourth-order valence-corrected chi connectivity index (χ4v) is 3.78. The number of anilines is 1. The molecule has 182 valence electrons. The van der Waals surface area contributed by atoms with Crippen molar-refractivity contribution in [3.63, 3.8) is 0 Å². The lowest BCUT2D eigenvalue weighted by molar-refractivity contribution is 0.249. The van der Waals surface area contributed by atoms with Gasteiger partial charge in [-0.25, -0.2) is 18.9 Å². The SMILES string of the molecule is C[C@@H](NC(=O)Nc1cc2cnn(-c3ccc(F)cc3)c2c(CNCCN(C)C)n1)c1ccccc1. The summed E-state index contributed by atoms with van der Waals surface area (Å²) in [6.07, 6.45) is 1.72. The summed E-state index contributed by atoms with van der Waals surface area (Å²) in [4.78, 5) is 19.5. The van der Waals surface area contributed by atoms with Crippen molar-refractivity contribution in [3.8, 4) is 5.69 Å². The molecule has 0 aliphatic carbocycles. The zero-order valence-electron chi connectivity index (χ0n) is 20.1. The van der Waals surface area contributed by atoms with Crippen LogP contribution >= 0.6 is 0 Å². The number of pyridine rings is 1. The number of nitrogens with one attached hydrogen (secondary N) is 3. The quantitative estimate of drug-likeness (QED) is 0.318. The van der Waals surface area contributed by atoms with E-state index in [1.54, 1.807) is 29.1 Å². The number of hydrogen-bond donors (Lipinski definition) is 3. The predicted molar refractivity (Wildman–Crippen MR) is 136 cm³/mol. The zero-order chi connectivity index (χ0) is 24.8. The van der Waals surface area contributed by atoms with Crippen LogP contribution in [-0.4, -0.2) is 52.9 Å². The molecule has 2 aromatic heterocycles. The van der Waals surface area contributed by atoms with Gasteiger partial charge in [0.2, 0.25) is 0 Å². The number of carbonyl (C=O) groups excluding carboxylic acids is 1. The van der Waals surface area contributed by atoms with Crippen LogP contribution in [0.5, 0.6) is 0 Å². The first kappa shape index (κ1) is 24.3. The summed E-state index contributed by atoms with van der Waals surface area (Å²) in [5, 5.41) is 14.5. The normalized spacial score (nSPS) is 12.1. The van der Waals surface area contributed by atoms with E-state index in [9.17, 15) is 9.18 Å². The first-order valence-electron chi connectivity index (χ1n) is 11.5. The van der Waals surface area contributed by atoms with Gasteiger partial charge in [-0.1, -0.05) is 30.3 Å². The number of nitrogens with zero attached hydrogens (tertiary/aromatic N) is 4. The molecule has 2 heterocycles. The Labute approximate surface area is 204 Å². The van der Waals surface area contributed by atoms with Crippen LogP contribution in [-0.2, 0) is 6.54 Å². The van der Waals surface area contributed by atoms with Crippen LogP contribution in [0, 0.1) is 5.82 Å². The molecule has 0 aliphatic rings. The molecule has 0 aliphatic heterocycles. The molecule has 2 aromatic carbocycles. The Hall–Kier alpha value is -3.82. The fourth-order valence-electron chi connectivity index (χ4n) is 3.78. The van der Waals surface area contributed by atoms with E-state index in [4.69, 9.17) is 4.98 Å². The third-order valence-corrected chi connectivity index (χ3v) is 5.61. The monoisotopic (exact) mass is 475 g/mol. The maximum Gasteiger partial charge on any atom is 0.320 e. The van der Waals surface area contributed by atoms with Gasteiger partial charge in [0, 0.05) is 25.0 Å². The van der Waals surface area contributed by atoms with Crippen LogP contribution in [0.15, 0.2) is 66.9 Å². The van der Waals surface area contributed by atoms with Crippen LogP contribution in [0.3, 0.4) is 0 Å². The van der Waals surface area contributed by atoms with Gasteiger partial charge >= 0.3 is 6.03 Å². The summed E-state index contributed by atoms with van der Waals surface area (Å²) in [6, 6.07) is 17.2.